The summed E-state index contributed by atoms with van der Waals surface area (Å²) < 4.78 is 26.7. The van der Waals surface area contributed by atoms with Gasteiger partial charge >= 0.3 is 0 Å². The fraction of sp³-hybridized carbons (Fsp3) is 0.148. The Morgan fingerprint density at radius 1 is 1.08 bits per heavy atom. The number of likely N-dealkylation sites (tertiary alicyclic amines) is 1. The van der Waals surface area contributed by atoms with Crippen LogP contribution in [0.4, 0.5) is 0 Å². The van der Waals surface area contributed by atoms with E-state index in [1.165, 1.54) is 36.5 Å². The van der Waals surface area contributed by atoms with Gasteiger partial charge in [0.15, 0.2) is 0 Å². The lowest BCUT2D eigenvalue weighted by molar-refractivity contribution is -0.139. The Morgan fingerprint density at radius 2 is 1.84 bits per heavy atom. The van der Waals surface area contributed by atoms with Crippen molar-refractivity contribution in [3.63, 3.8) is 0 Å². The number of fused-ring (bicyclic) bond motifs is 1. The molecule has 1 saturated heterocycles. The largest absolute Gasteiger partial charge is 0.507 e. The average Bonchev–Trinajstić information content (AvgIpc) is 3.45. The number of benzene rings is 2. The minimum atomic E-state index is -3.68. The van der Waals surface area contributed by atoms with Gasteiger partial charge in [-0.1, -0.05) is 30.3 Å². The predicted molar refractivity (Wildman–Crippen MR) is 138 cm³/mol. The molecule has 1 aliphatic heterocycles. The molecule has 2 aromatic heterocycles. The van der Waals surface area contributed by atoms with E-state index in [1.54, 1.807) is 24.3 Å². The molecular weight excluding hydrogens is 492 g/mol. The fourth-order valence-electron chi connectivity index (χ4n) is 4.64. The molecule has 2 aromatic carbocycles. The Kier molecular flexibility index (Phi) is 6.36. The van der Waals surface area contributed by atoms with E-state index in [0.29, 0.717) is 17.5 Å². The second-order valence-electron chi connectivity index (χ2n) is 8.62. The summed E-state index contributed by atoms with van der Waals surface area (Å²) in [5, 5.41) is 12.1. The van der Waals surface area contributed by atoms with Crippen LogP contribution in [0, 0.1) is 0 Å². The summed E-state index contributed by atoms with van der Waals surface area (Å²) in [7, 11) is -2.36. The molecule has 1 aliphatic rings. The van der Waals surface area contributed by atoms with Gasteiger partial charge in [0, 0.05) is 41.6 Å². The zero-order chi connectivity index (χ0) is 26.2. The van der Waals surface area contributed by atoms with Crippen LogP contribution in [0.15, 0.2) is 89.7 Å². The number of hydrogen-bond donors (Lipinski definition) is 3. The molecule has 1 atom stereocenters. The highest BCUT2D eigenvalue weighted by atomic mass is 32.2. The van der Waals surface area contributed by atoms with Crippen LogP contribution in [0.25, 0.3) is 16.7 Å². The quantitative estimate of drug-likeness (QED) is 0.196. The minimum absolute atomic E-state index is 0.0433. The van der Waals surface area contributed by atoms with E-state index in [-0.39, 0.29) is 22.8 Å². The lowest BCUT2D eigenvalue weighted by Gasteiger charge is -2.25. The molecule has 0 bridgehead atoms. The lowest BCUT2D eigenvalue weighted by atomic mass is 9.95. The van der Waals surface area contributed by atoms with E-state index >= 15 is 0 Å². The normalized spacial score (nSPS) is 17.5. The third-order valence-electron chi connectivity index (χ3n) is 6.55. The maximum atomic E-state index is 13.2. The summed E-state index contributed by atoms with van der Waals surface area (Å²) in [4.78, 5) is 35.1. The number of carbonyl (C=O) groups is 2. The van der Waals surface area contributed by atoms with Crippen LogP contribution < -0.4 is 4.72 Å². The number of nitrogens with zero attached hydrogens (tertiary/aromatic N) is 2. The van der Waals surface area contributed by atoms with Gasteiger partial charge in [-0.3, -0.25) is 14.6 Å². The standard InChI is InChI=1S/C27H24N4O5S/c1-28-37(35,36)20-10-8-17(9-11-20)24-23(25(32)19-5-4-13-29-15-19)26(33)27(34)31(24)14-12-18-16-30-22-7-3-2-6-21(18)22/h2-11,13,15-16,24,28,30,32H,12,14H2,1H3. The number of hydrogen-bond acceptors (Lipinski definition) is 6. The zero-order valence-corrected chi connectivity index (χ0v) is 20.7. The maximum Gasteiger partial charge on any atom is 0.295 e. The van der Waals surface area contributed by atoms with E-state index in [1.807, 2.05) is 30.5 Å². The number of aromatic amines is 1. The van der Waals surface area contributed by atoms with Gasteiger partial charge in [0.25, 0.3) is 11.7 Å². The third-order valence-corrected chi connectivity index (χ3v) is 7.98. The van der Waals surface area contributed by atoms with Crippen molar-refractivity contribution in [2.45, 2.75) is 17.4 Å². The van der Waals surface area contributed by atoms with E-state index in [2.05, 4.69) is 14.7 Å². The van der Waals surface area contributed by atoms with Gasteiger partial charge in [-0.2, -0.15) is 0 Å². The maximum absolute atomic E-state index is 13.2. The molecule has 37 heavy (non-hydrogen) atoms. The average molecular weight is 517 g/mol. The highest BCUT2D eigenvalue weighted by Crippen LogP contribution is 2.39. The van der Waals surface area contributed by atoms with Crippen molar-refractivity contribution in [1.29, 1.82) is 0 Å². The molecule has 4 aromatic rings. The number of rotatable bonds is 7. The number of sulfonamides is 1. The van der Waals surface area contributed by atoms with Gasteiger partial charge in [0.05, 0.1) is 16.5 Å². The number of ketones is 1. The van der Waals surface area contributed by atoms with Crippen LogP contribution in [0.3, 0.4) is 0 Å². The molecule has 1 amide bonds. The minimum Gasteiger partial charge on any atom is -0.507 e. The molecule has 10 heteroatoms. The van der Waals surface area contributed by atoms with Gasteiger partial charge in [-0.05, 0) is 54.9 Å². The Hall–Kier alpha value is -4.28. The van der Waals surface area contributed by atoms with Crippen LogP contribution in [0.2, 0.25) is 0 Å². The van der Waals surface area contributed by atoms with Crippen LogP contribution in [0.1, 0.15) is 22.7 Å². The summed E-state index contributed by atoms with van der Waals surface area (Å²) in [6.45, 7) is 0.206. The Bertz CT molecular complexity index is 1630. The van der Waals surface area contributed by atoms with Crippen molar-refractivity contribution in [3.8, 4) is 0 Å². The number of aliphatic hydroxyl groups excluding tert-OH is 1. The summed E-state index contributed by atoms with van der Waals surface area (Å²) >= 11 is 0. The second kappa shape index (κ2) is 9.64. The smallest absolute Gasteiger partial charge is 0.295 e. The summed E-state index contributed by atoms with van der Waals surface area (Å²) in [6.07, 6.45) is 5.29. The molecule has 0 aliphatic carbocycles. The number of amides is 1. The van der Waals surface area contributed by atoms with Gasteiger partial charge in [-0.15, -0.1) is 0 Å². The van der Waals surface area contributed by atoms with Gasteiger partial charge < -0.3 is 15.0 Å². The molecule has 3 N–H and O–H groups in total. The van der Waals surface area contributed by atoms with E-state index in [4.69, 9.17) is 0 Å². The molecule has 9 nitrogen and oxygen atoms in total. The van der Waals surface area contributed by atoms with Crippen LogP contribution in [-0.4, -0.2) is 53.7 Å². The topological polar surface area (TPSA) is 132 Å². The predicted octanol–water partition coefficient (Wildman–Crippen LogP) is 3.14. The number of carbonyl (C=O) groups excluding carboxylic acids is 2. The molecule has 0 saturated carbocycles. The Morgan fingerprint density at radius 3 is 2.54 bits per heavy atom. The van der Waals surface area contributed by atoms with Gasteiger partial charge in [-0.25, -0.2) is 13.1 Å². The Labute approximate surface area is 213 Å². The van der Waals surface area contributed by atoms with Crippen molar-refractivity contribution in [1.82, 2.24) is 19.6 Å². The van der Waals surface area contributed by atoms with Crippen LogP contribution in [0.5, 0.6) is 0 Å². The van der Waals surface area contributed by atoms with Crippen molar-refractivity contribution < 1.29 is 23.1 Å². The molecular formula is C27H24N4O5S. The number of Topliss-reactive ketones (excluding diaryl/α,β-unsaturated/α-hetero) is 1. The first-order chi connectivity index (χ1) is 17.8. The van der Waals surface area contributed by atoms with Crippen molar-refractivity contribution >= 4 is 38.4 Å². The molecule has 188 valence electrons. The second-order valence-corrected chi connectivity index (χ2v) is 10.5. The van der Waals surface area contributed by atoms with E-state index in [0.717, 1.165) is 16.5 Å². The van der Waals surface area contributed by atoms with E-state index < -0.39 is 27.8 Å². The number of nitrogens with one attached hydrogen (secondary N) is 2. The molecule has 0 spiro atoms. The highest BCUT2D eigenvalue weighted by Gasteiger charge is 2.46. The number of para-hydroxylation sites is 1. The number of H-pyrrole nitrogens is 1. The highest BCUT2D eigenvalue weighted by molar-refractivity contribution is 7.89. The van der Waals surface area contributed by atoms with Crippen molar-refractivity contribution in [3.05, 3.63) is 102 Å². The molecule has 0 radical (unpaired) electrons. The van der Waals surface area contributed by atoms with E-state index in [9.17, 15) is 23.1 Å². The molecule has 1 fully saturated rings. The van der Waals surface area contributed by atoms with Crippen LogP contribution in [-0.2, 0) is 26.0 Å². The SMILES string of the molecule is CNS(=O)(=O)c1ccc(C2C(=C(O)c3cccnc3)C(=O)C(=O)N2CCc2c[nH]c3ccccc23)cc1. The summed E-state index contributed by atoms with van der Waals surface area (Å²) in [5.41, 5.74) is 2.68. The number of pyridine rings is 1. The lowest BCUT2D eigenvalue weighted by Crippen LogP contribution is -2.31. The number of aliphatic hydroxyl groups is 1. The monoisotopic (exact) mass is 516 g/mol. The summed E-state index contributed by atoms with van der Waals surface area (Å²) in [5.74, 6) is -1.88. The third kappa shape index (κ3) is 4.41. The number of aromatic nitrogens is 2. The molecule has 5 rings (SSSR count). The fourth-order valence-corrected chi connectivity index (χ4v) is 5.37. The van der Waals surface area contributed by atoms with Gasteiger partial charge in [0.1, 0.15) is 5.76 Å². The Balaban J connectivity index is 1.57. The first-order valence-electron chi connectivity index (χ1n) is 11.6. The first-order valence-corrected chi connectivity index (χ1v) is 13.1. The molecule has 3 heterocycles. The molecule has 1 unspecified atom stereocenters. The van der Waals surface area contributed by atoms with Crippen LogP contribution >= 0.6 is 0 Å². The van der Waals surface area contributed by atoms with Crippen molar-refractivity contribution in [2.24, 2.45) is 0 Å². The first kappa shape index (κ1) is 24.4. The summed E-state index contributed by atoms with van der Waals surface area (Å²) in [6, 6.07) is 16.0. The van der Waals surface area contributed by atoms with Gasteiger partial charge in [0.2, 0.25) is 10.0 Å². The zero-order valence-electron chi connectivity index (χ0n) is 19.9. The van der Waals surface area contributed by atoms with Crippen molar-refractivity contribution in [2.75, 3.05) is 13.6 Å².